The van der Waals surface area contributed by atoms with Gasteiger partial charge < -0.3 is 5.32 Å². The zero-order valence-corrected chi connectivity index (χ0v) is 12.3. The van der Waals surface area contributed by atoms with Gasteiger partial charge in [0.25, 0.3) is 10.0 Å². The zero-order chi connectivity index (χ0) is 15.6. The Morgan fingerprint density at radius 2 is 2.05 bits per heavy atom. The van der Waals surface area contributed by atoms with Crippen molar-refractivity contribution in [2.45, 2.75) is 4.21 Å². The summed E-state index contributed by atoms with van der Waals surface area (Å²) in [5, 5.41) is 13.5. The molecule has 0 aliphatic carbocycles. The molecule has 0 spiro atoms. The van der Waals surface area contributed by atoms with Crippen LogP contribution < -0.4 is 10.0 Å². The van der Waals surface area contributed by atoms with Crippen molar-refractivity contribution in [3.63, 3.8) is 0 Å². The van der Waals surface area contributed by atoms with Crippen molar-refractivity contribution in [3.8, 4) is 0 Å². The molecule has 0 aliphatic heterocycles. The molecule has 112 valence electrons. The van der Waals surface area contributed by atoms with Crippen molar-refractivity contribution < 1.29 is 17.7 Å². The molecule has 1 aromatic heterocycles. The van der Waals surface area contributed by atoms with Crippen molar-refractivity contribution in [1.82, 2.24) is 0 Å². The standard InChI is InChI=1S/C11H10FN3O4S2/c1-13-11-9(15(16)17)6-10(20-11)21(18,19)14-8-4-2-3-7(12)5-8/h2-6,13-14H,1H3. The number of sulfonamides is 1. The van der Waals surface area contributed by atoms with Gasteiger partial charge in [0.1, 0.15) is 10.0 Å². The molecule has 0 radical (unpaired) electrons. The number of hydrogen-bond donors (Lipinski definition) is 2. The van der Waals surface area contributed by atoms with Gasteiger partial charge in [0.2, 0.25) is 0 Å². The van der Waals surface area contributed by atoms with Gasteiger partial charge in [0.15, 0.2) is 5.00 Å². The summed E-state index contributed by atoms with van der Waals surface area (Å²) in [6.45, 7) is 0. The van der Waals surface area contributed by atoms with Gasteiger partial charge in [-0.3, -0.25) is 14.8 Å². The summed E-state index contributed by atoms with van der Waals surface area (Å²) in [6.07, 6.45) is 0. The largest absolute Gasteiger partial charge is 0.374 e. The molecule has 0 atom stereocenters. The lowest BCUT2D eigenvalue weighted by atomic mass is 10.3. The quantitative estimate of drug-likeness (QED) is 0.648. The first-order valence-electron chi connectivity index (χ1n) is 5.58. The summed E-state index contributed by atoms with van der Waals surface area (Å²) in [5.41, 5.74) is -0.292. The van der Waals surface area contributed by atoms with Crippen LogP contribution in [0.4, 0.5) is 20.8 Å². The summed E-state index contributed by atoms with van der Waals surface area (Å²) >= 11 is 0.721. The molecule has 21 heavy (non-hydrogen) atoms. The maximum Gasteiger partial charge on any atom is 0.304 e. The van der Waals surface area contributed by atoms with E-state index in [0.717, 1.165) is 23.5 Å². The molecule has 0 aliphatic rings. The Hall–Kier alpha value is -2.20. The molecule has 0 unspecified atom stereocenters. The number of rotatable bonds is 5. The second kappa shape index (κ2) is 5.66. The molecule has 0 bridgehead atoms. The maximum atomic E-state index is 13.0. The van der Waals surface area contributed by atoms with Crippen LogP contribution in [0, 0.1) is 15.9 Å². The van der Waals surface area contributed by atoms with E-state index in [9.17, 15) is 22.9 Å². The molecule has 7 nitrogen and oxygen atoms in total. The summed E-state index contributed by atoms with van der Waals surface area (Å²) < 4.78 is 39.3. The molecule has 0 fully saturated rings. The molecule has 2 rings (SSSR count). The SMILES string of the molecule is CNc1sc(S(=O)(=O)Nc2cccc(F)c2)cc1[N+](=O)[O-]. The van der Waals surface area contributed by atoms with Crippen LogP contribution in [0.2, 0.25) is 0 Å². The smallest absolute Gasteiger partial charge is 0.304 e. The predicted octanol–water partition coefficient (Wildman–Crippen LogP) is 2.64. The fourth-order valence-electron chi connectivity index (χ4n) is 1.56. The van der Waals surface area contributed by atoms with Crippen LogP contribution in [0.15, 0.2) is 34.5 Å². The fourth-order valence-corrected chi connectivity index (χ4v) is 3.89. The van der Waals surface area contributed by atoms with E-state index in [-0.39, 0.29) is 20.6 Å². The van der Waals surface area contributed by atoms with E-state index in [0.29, 0.717) is 0 Å². The highest BCUT2D eigenvalue weighted by Gasteiger charge is 2.25. The Kier molecular flexibility index (Phi) is 4.09. The summed E-state index contributed by atoms with van der Waals surface area (Å²) in [4.78, 5) is 10.2. The highest BCUT2D eigenvalue weighted by atomic mass is 32.2. The number of thiophene rings is 1. The van der Waals surface area contributed by atoms with Gasteiger partial charge in [-0.2, -0.15) is 0 Å². The van der Waals surface area contributed by atoms with Crippen molar-refractivity contribution in [2.75, 3.05) is 17.1 Å². The minimum Gasteiger partial charge on any atom is -0.374 e. The Labute approximate surface area is 123 Å². The van der Waals surface area contributed by atoms with Gasteiger partial charge in [-0.15, -0.1) is 0 Å². The van der Waals surface area contributed by atoms with E-state index in [2.05, 4.69) is 10.0 Å². The number of nitro groups is 1. The molecular formula is C11H10FN3O4S2. The number of hydrogen-bond acceptors (Lipinski definition) is 6. The van der Waals surface area contributed by atoms with E-state index in [1.807, 2.05) is 0 Å². The summed E-state index contributed by atoms with van der Waals surface area (Å²) in [6, 6.07) is 5.87. The third-order valence-corrected chi connectivity index (χ3v) is 5.45. The third kappa shape index (κ3) is 3.28. The highest BCUT2D eigenvalue weighted by Crippen LogP contribution is 2.37. The molecular weight excluding hydrogens is 321 g/mol. The summed E-state index contributed by atoms with van der Waals surface area (Å²) in [7, 11) is -2.56. The first-order valence-corrected chi connectivity index (χ1v) is 7.88. The van der Waals surface area contributed by atoms with Crippen LogP contribution in [0.5, 0.6) is 0 Å². The van der Waals surface area contributed by atoms with Gasteiger partial charge in [-0.25, -0.2) is 12.8 Å². The molecule has 0 saturated carbocycles. The third-order valence-electron chi connectivity index (χ3n) is 2.46. The average molecular weight is 331 g/mol. The first kappa shape index (κ1) is 15.2. The molecule has 1 heterocycles. The maximum absolute atomic E-state index is 13.0. The van der Waals surface area contributed by atoms with Crippen LogP contribution in [0.1, 0.15) is 0 Å². The molecule has 0 saturated heterocycles. The number of benzene rings is 1. The van der Waals surface area contributed by atoms with E-state index in [1.54, 1.807) is 0 Å². The van der Waals surface area contributed by atoms with Crippen molar-refractivity contribution >= 4 is 37.7 Å². The van der Waals surface area contributed by atoms with Gasteiger partial charge in [-0.1, -0.05) is 17.4 Å². The van der Waals surface area contributed by atoms with Crippen molar-refractivity contribution in [2.24, 2.45) is 0 Å². The highest BCUT2D eigenvalue weighted by molar-refractivity contribution is 7.94. The lowest BCUT2D eigenvalue weighted by Crippen LogP contribution is -2.11. The summed E-state index contributed by atoms with van der Waals surface area (Å²) in [5.74, 6) is -0.594. The van der Waals surface area contributed by atoms with Crippen LogP contribution in [-0.2, 0) is 10.0 Å². The Morgan fingerprint density at radius 3 is 2.57 bits per heavy atom. The topological polar surface area (TPSA) is 101 Å². The Morgan fingerprint density at radius 1 is 1.33 bits per heavy atom. The predicted molar refractivity (Wildman–Crippen MR) is 77.7 cm³/mol. The molecule has 2 N–H and O–H groups in total. The lowest BCUT2D eigenvalue weighted by molar-refractivity contribution is -0.383. The molecule has 10 heteroatoms. The fraction of sp³-hybridized carbons (Fsp3) is 0.0909. The van der Waals surface area contributed by atoms with Crippen molar-refractivity contribution in [3.05, 3.63) is 46.3 Å². The van der Waals surface area contributed by atoms with E-state index in [4.69, 9.17) is 0 Å². The van der Waals surface area contributed by atoms with E-state index >= 15 is 0 Å². The van der Waals surface area contributed by atoms with Crippen LogP contribution >= 0.6 is 11.3 Å². The van der Waals surface area contributed by atoms with Crippen molar-refractivity contribution in [1.29, 1.82) is 0 Å². The first-order chi connectivity index (χ1) is 9.83. The Bertz CT molecular complexity index is 789. The minimum absolute atomic E-state index is 0.0389. The van der Waals surface area contributed by atoms with Crippen LogP contribution in [0.3, 0.4) is 0 Å². The van der Waals surface area contributed by atoms with E-state index < -0.39 is 20.8 Å². The van der Waals surface area contributed by atoms with Gasteiger partial charge >= 0.3 is 5.69 Å². The lowest BCUT2D eigenvalue weighted by Gasteiger charge is -2.05. The monoisotopic (exact) mass is 331 g/mol. The average Bonchev–Trinajstić information content (AvgIpc) is 2.83. The molecule has 0 amide bonds. The molecule has 2 aromatic rings. The Balaban J connectivity index is 2.38. The van der Waals surface area contributed by atoms with Gasteiger partial charge in [0, 0.05) is 13.1 Å². The molecule has 1 aromatic carbocycles. The van der Waals surface area contributed by atoms with Crippen LogP contribution in [-0.4, -0.2) is 20.4 Å². The second-order valence-corrected chi connectivity index (χ2v) is 6.86. The number of halogens is 1. The zero-order valence-electron chi connectivity index (χ0n) is 10.7. The van der Waals surface area contributed by atoms with Crippen LogP contribution in [0.25, 0.3) is 0 Å². The second-order valence-electron chi connectivity index (χ2n) is 3.90. The van der Waals surface area contributed by atoms with Gasteiger partial charge in [-0.05, 0) is 18.2 Å². The normalized spacial score (nSPS) is 11.1. The van der Waals surface area contributed by atoms with Gasteiger partial charge in [0.05, 0.1) is 10.6 Å². The minimum atomic E-state index is -4.02. The number of anilines is 2. The number of nitrogens with zero attached hydrogens (tertiary/aromatic N) is 1. The number of nitrogens with one attached hydrogen (secondary N) is 2. The van der Waals surface area contributed by atoms with E-state index in [1.165, 1.54) is 25.2 Å².